The van der Waals surface area contributed by atoms with Crippen LogP contribution in [0, 0.1) is 23.3 Å². The van der Waals surface area contributed by atoms with Crippen LogP contribution in [0.5, 0.6) is 0 Å². The molecule has 1 heterocycles. The zero-order valence-electron chi connectivity index (χ0n) is 26.9. The average Bonchev–Trinajstić information content (AvgIpc) is 3.32. The summed E-state index contributed by atoms with van der Waals surface area (Å²) in [7, 11) is 0. The summed E-state index contributed by atoms with van der Waals surface area (Å²) in [6.07, 6.45) is 4.25. The summed E-state index contributed by atoms with van der Waals surface area (Å²) in [6.45, 7) is 17.4. The van der Waals surface area contributed by atoms with Crippen molar-refractivity contribution >= 4 is 63.6 Å². The van der Waals surface area contributed by atoms with E-state index in [-0.39, 0.29) is 22.3 Å². The van der Waals surface area contributed by atoms with Crippen molar-refractivity contribution in [3.63, 3.8) is 0 Å². The quantitative estimate of drug-likeness (QED) is 0.0351. The molecule has 3 aromatic carbocycles. The van der Waals surface area contributed by atoms with Gasteiger partial charge in [0.05, 0.1) is 0 Å². The maximum atomic E-state index is 15.8. The molecule has 49 heavy (non-hydrogen) atoms. The third-order valence-corrected chi connectivity index (χ3v) is 11.2. The maximum absolute atomic E-state index is 15.8. The molecule has 12 heteroatoms. The van der Waals surface area contributed by atoms with E-state index in [4.69, 9.17) is 27.9 Å². The molecule has 0 saturated carbocycles. The Balaban J connectivity index is 2.12. The second-order valence-corrected chi connectivity index (χ2v) is 14.4. The molecule has 0 unspecified atom stereocenters. The Hall–Kier alpha value is -2.75. The number of anilines is 2. The molecule has 3 nitrogen and oxygen atoms in total. The van der Waals surface area contributed by atoms with Crippen LogP contribution < -0.4 is 9.80 Å². The minimum atomic E-state index is -1.28. The monoisotopic (exact) mass is 834 g/mol. The minimum absolute atomic E-state index is 0.0674. The van der Waals surface area contributed by atoms with Crippen molar-refractivity contribution in [1.29, 1.82) is 0 Å². The van der Waals surface area contributed by atoms with Crippen molar-refractivity contribution in [2.24, 2.45) is 0 Å². The summed E-state index contributed by atoms with van der Waals surface area (Å²) in [4.78, 5) is 3.56. The summed E-state index contributed by atoms with van der Waals surface area (Å²) in [5, 5.41) is 0.535. The summed E-state index contributed by atoms with van der Waals surface area (Å²) in [6, 6.07) is 10.1. The fourth-order valence-electron chi connectivity index (χ4n) is 5.71. The predicted molar refractivity (Wildman–Crippen MR) is 196 cm³/mol. The number of halogens is 6. The number of hydrogen-bond acceptors (Lipinski definition) is 5. The van der Waals surface area contributed by atoms with Crippen molar-refractivity contribution in [3.05, 3.63) is 142 Å². The Labute approximate surface area is 314 Å². The van der Waals surface area contributed by atoms with Crippen LogP contribution in [0.25, 0.3) is 0 Å². The predicted octanol–water partition coefficient (Wildman–Crippen LogP) is 11.3. The van der Waals surface area contributed by atoms with E-state index in [1.54, 1.807) is 48.8 Å². The fraction of sp³-hybridized carbons (Fsp3) is 0.216. The van der Waals surface area contributed by atoms with Gasteiger partial charge in [-0.05, 0) is 0 Å². The molecular weight excluding hydrogens is 801 g/mol. The van der Waals surface area contributed by atoms with E-state index in [0.29, 0.717) is 27.4 Å². The zero-order valence-corrected chi connectivity index (χ0v) is 31.9. The van der Waals surface area contributed by atoms with Gasteiger partial charge in [-0.2, -0.15) is 0 Å². The molecule has 0 spiro atoms. The first-order valence-corrected chi connectivity index (χ1v) is 18.0. The van der Waals surface area contributed by atoms with E-state index >= 15 is 17.6 Å². The molecule has 4 rings (SSSR count). The van der Waals surface area contributed by atoms with Crippen LogP contribution >= 0.6 is 47.6 Å². The molecular formula is C37H34Cl2F4N2ORuS2+. The first kappa shape index (κ1) is 39.0. The van der Waals surface area contributed by atoms with Crippen molar-refractivity contribution in [2.75, 3.05) is 16.3 Å². The number of thioether (sulfide) groups is 1. The molecule has 0 radical (unpaired) electrons. The van der Waals surface area contributed by atoms with Gasteiger partial charge in [-0.15, -0.1) is 0 Å². The molecule has 1 aliphatic rings. The number of para-hydroxylation sites is 2. The Morgan fingerprint density at radius 2 is 1.57 bits per heavy atom. The van der Waals surface area contributed by atoms with Crippen molar-refractivity contribution < 1.29 is 40.1 Å². The van der Waals surface area contributed by atoms with E-state index in [2.05, 4.69) is 50.2 Å². The van der Waals surface area contributed by atoms with E-state index in [1.807, 2.05) is 6.92 Å². The first-order chi connectivity index (χ1) is 23.2. The van der Waals surface area contributed by atoms with Crippen molar-refractivity contribution in [2.45, 2.75) is 54.1 Å². The summed E-state index contributed by atoms with van der Waals surface area (Å²) in [5.74, 6) is -3.23. The molecule has 259 valence electrons. The van der Waals surface area contributed by atoms with Crippen LogP contribution in [0.15, 0.2) is 119 Å². The molecule has 1 saturated heterocycles. The van der Waals surface area contributed by atoms with Gasteiger partial charge in [-0.3, -0.25) is 0 Å². The third kappa shape index (κ3) is 8.10. The molecule has 0 aliphatic carbocycles. The van der Waals surface area contributed by atoms with Crippen LogP contribution in [-0.4, -0.2) is 28.3 Å². The van der Waals surface area contributed by atoms with E-state index < -0.39 is 51.8 Å². The molecule has 3 aromatic rings. The Morgan fingerprint density at radius 1 is 1.02 bits per heavy atom. The molecule has 1 aliphatic heterocycles. The van der Waals surface area contributed by atoms with Gasteiger partial charge < -0.3 is 0 Å². The standard InChI is InChI=1S/C37H34Cl2F4N2OS2.Ru/c1-8-13-23(10-3)22(5)32(21(4)9-2)46-36(48-34-25(39)19-18-24(38)33(34)47)35-44(30-26(40)14-11-15-27(30)41)20-37(6,7)45(35)31-28(42)16-12-17-29(31)43;/h4,8-9,11-19,35-36,47H,1-2,5,10,20H2,3,6-7H3;/q;+1/b23-13+,32-21+;/t35-,36+;/m0./s1. The number of allylic oxidation sites excluding steroid dienone is 5. The van der Waals surface area contributed by atoms with Crippen molar-refractivity contribution in [1.82, 2.24) is 0 Å². The summed E-state index contributed by atoms with van der Waals surface area (Å²) >= 11 is 21.3. The number of nitrogens with zero attached hydrogens (tertiary/aromatic N) is 2. The first-order valence-electron chi connectivity index (χ1n) is 15.0. The molecule has 0 aromatic heterocycles. The number of hydrogen-bond donors (Lipinski definition) is 1. The number of rotatable bonds is 13. The fourth-order valence-corrected chi connectivity index (χ4v) is 8.23. The number of ether oxygens (including phenoxy) is 1. The van der Waals surface area contributed by atoms with Gasteiger partial charge in [0.25, 0.3) is 0 Å². The van der Waals surface area contributed by atoms with Crippen LogP contribution in [0.1, 0.15) is 27.2 Å². The van der Waals surface area contributed by atoms with Gasteiger partial charge in [0.15, 0.2) is 0 Å². The normalized spacial score (nSPS) is 17.0. The van der Waals surface area contributed by atoms with Crippen molar-refractivity contribution in [3.8, 4) is 0 Å². The Morgan fingerprint density at radius 3 is 2.08 bits per heavy atom. The van der Waals surface area contributed by atoms with Crippen LogP contribution in [0.4, 0.5) is 28.9 Å². The molecule has 0 amide bonds. The van der Waals surface area contributed by atoms with Gasteiger partial charge in [0, 0.05) is 0 Å². The summed E-state index contributed by atoms with van der Waals surface area (Å²) in [5.41, 5.74) is -1.40. The van der Waals surface area contributed by atoms with Gasteiger partial charge in [-0.25, -0.2) is 0 Å². The zero-order chi connectivity index (χ0) is 36.2. The molecule has 2 atom stereocenters. The van der Waals surface area contributed by atoms with Gasteiger partial charge in [0.2, 0.25) is 0 Å². The van der Waals surface area contributed by atoms with Crippen LogP contribution in [0.3, 0.4) is 0 Å². The SMILES string of the molecule is C=C/C=C(\CC)C(=C)/C(O[C@H](Sc1c(Cl)ccc(Cl)c1S)[C@H]1N(c2c(F)cccc2F)CC(C)(C)N1c1c(F)cccc1F)=C(\C=C)[CH]=[Ru+]. The topological polar surface area (TPSA) is 15.7 Å². The number of thiol groups is 1. The average molecular weight is 835 g/mol. The second kappa shape index (κ2) is 16.5. The molecule has 0 bridgehead atoms. The Kier molecular flexibility index (Phi) is 13.2. The third-order valence-electron chi connectivity index (χ3n) is 7.90. The van der Waals surface area contributed by atoms with Gasteiger partial charge in [-0.1, -0.05) is 0 Å². The Bertz CT molecular complexity index is 1820. The van der Waals surface area contributed by atoms with E-state index in [0.717, 1.165) is 41.6 Å². The number of benzene rings is 3. The second-order valence-electron chi connectivity index (χ2n) is 11.5. The van der Waals surface area contributed by atoms with E-state index in [9.17, 15) is 0 Å². The van der Waals surface area contributed by atoms with Gasteiger partial charge >= 0.3 is 316 Å². The van der Waals surface area contributed by atoms with Crippen LogP contribution in [-0.2, 0) is 22.6 Å². The molecule has 0 N–H and O–H groups in total. The van der Waals surface area contributed by atoms with E-state index in [1.165, 1.54) is 21.9 Å². The molecule has 1 fully saturated rings. The summed E-state index contributed by atoms with van der Waals surface area (Å²) < 4.78 is 71.8. The van der Waals surface area contributed by atoms with Crippen LogP contribution in [0.2, 0.25) is 10.0 Å². The van der Waals surface area contributed by atoms with Gasteiger partial charge in [0.1, 0.15) is 0 Å².